The van der Waals surface area contributed by atoms with Crippen molar-refractivity contribution in [3.8, 4) is 0 Å². The molecule has 15 heavy (non-hydrogen) atoms. The third-order valence-electron chi connectivity index (χ3n) is 2.80. The second-order valence-electron chi connectivity index (χ2n) is 4.08. The number of unbranched alkanes of at least 4 members (excludes halogenated alkanes) is 2. The van der Waals surface area contributed by atoms with Gasteiger partial charge in [-0.05, 0) is 26.7 Å². The first-order valence-corrected chi connectivity index (χ1v) is 6.44. The zero-order valence-electron chi connectivity index (χ0n) is 10.9. The van der Waals surface area contributed by atoms with Crippen LogP contribution in [0.25, 0.3) is 0 Å². The minimum Gasteiger partial charge on any atom is -0.266 e. The predicted molar refractivity (Wildman–Crippen MR) is 70.5 cm³/mol. The Morgan fingerprint density at radius 2 is 1.60 bits per heavy atom. The molecule has 0 bridgehead atoms. The van der Waals surface area contributed by atoms with Crippen LogP contribution in [0.4, 0.5) is 0 Å². The fraction of sp³-hybridized carbons (Fsp3) is 0.786. The van der Waals surface area contributed by atoms with E-state index in [1.807, 2.05) is 13.1 Å². The summed E-state index contributed by atoms with van der Waals surface area (Å²) in [6.45, 7) is 8.62. The van der Waals surface area contributed by atoms with Crippen LogP contribution in [0.15, 0.2) is 16.8 Å². The molecule has 0 saturated carbocycles. The highest BCUT2D eigenvalue weighted by Gasteiger charge is 2.11. The van der Waals surface area contributed by atoms with E-state index < -0.39 is 0 Å². The van der Waals surface area contributed by atoms with Crippen molar-refractivity contribution in [2.24, 2.45) is 10.9 Å². The van der Waals surface area contributed by atoms with Gasteiger partial charge in [-0.1, -0.05) is 45.6 Å². The summed E-state index contributed by atoms with van der Waals surface area (Å²) in [5, 5.41) is 0. The smallest absolute Gasteiger partial charge is 0.0387 e. The van der Waals surface area contributed by atoms with Crippen LogP contribution in [0, 0.1) is 5.92 Å². The molecule has 0 radical (unpaired) electrons. The molecule has 0 aromatic rings. The van der Waals surface area contributed by atoms with Crippen LogP contribution >= 0.6 is 0 Å². The lowest BCUT2D eigenvalue weighted by Gasteiger charge is -2.16. The number of aliphatic imine (C=N–C) groups is 1. The molecule has 0 rings (SSSR count). The lowest BCUT2D eigenvalue weighted by atomic mass is 9.93. The molecule has 0 aliphatic carbocycles. The maximum Gasteiger partial charge on any atom is 0.0387 e. The molecule has 0 amide bonds. The van der Waals surface area contributed by atoms with Crippen molar-refractivity contribution in [1.29, 1.82) is 0 Å². The standard InChI is InChI=1S/C14H27N/c1-5-9-11-13(12-10-6-2)14(7-3)15-8-4/h7-8,13H,5-6,9-12H2,1-4H3/b14-7-,15-8-. The monoisotopic (exact) mass is 209 g/mol. The quantitative estimate of drug-likeness (QED) is 0.500. The highest BCUT2D eigenvalue weighted by molar-refractivity contribution is 5.55. The summed E-state index contributed by atoms with van der Waals surface area (Å²) in [4.78, 5) is 4.48. The second kappa shape index (κ2) is 9.95. The molecule has 0 N–H and O–H groups in total. The summed E-state index contributed by atoms with van der Waals surface area (Å²) in [7, 11) is 0. The Bertz CT molecular complexity index is 184. The highest BCUT2D eigenvalue weighted by atomic mass is 14.7. The van der Waals surface area contributed by atoms with E-state index in [1.165, 1.54) is 44.2 Å². The average Bonchev–Trinajstić information content (AvgIpc) is 2.27. The normalized spacial score (nSPS) is 13.0. The van der Waals surface area contributed by atoms with E-state index in [2.05, 4.69) is 31.8 Å². The summed E-state index contributed by atoms with van der Waals surface area (Å²) in [6, 6.07) is 0. The molecule has 88 valence electrons. The van der Waals surface area contributed by atoms with Crippen LogP contribution < -0.4 is 0 Å². The minimum atomic E-state index is 0.686. The molecule has 0 unspecified atom stereocenters. The molecule has 0 spiro atoms. The summed E-state index contributed by atoms with van der Waals surface area (Å²) in [6.07, 6.45) is 11.9. The lowest BCUT2D eigenvalue weighted by molar-refractivity contribution is 0.472. The van der Waals surface area contributed by atoms with E-state index in [1.54, 1.807) is 0 Å². The van der Waals surface area contributed by atoms with Crippen molar-refractivity contribution in [3.63, 3.8) is 0 Å². The number of hydrogen-bond donors (Lipinski definition) is 0. The van der Waals surface area contributed by atoms with Crippen molar-refractivity contribution >= 4 is 6.21 Å². The van der Waals surface area contributed by atoms with Crippen LogP contribution in [-0.4, -0.2) is 6.21 Å². The molecule has 0 aliphatic rings. The highest BCUT2D eigenvalue weighted by Crippen LogP contribution is 2.24. The van der Waals surface area contributed by atoms with Gasteiger partial charge in [0.05, 0.1) is 0 Å². The van der Waals surface area contributed by atoms with Crippen molar-refractivity contribution in [2.45, 2.75) is 66.2 Å². The topological polar surface area (TPSA) is 12.4 Å². The molecule has 0 aromatic carbocycles. The number of nitrogens with zero attached hydrogens (tertiary/aromatic N) is 1. The van der Waals surface area contributed by atoms with Gasteiger partial charge < -0.3 is 0 Å². The first-order valence-electron chi connectivity index (χ1n) is 6.44. The van der Waals surface area contributed by atoms with Gasteiger partial charge in [-0.15, -0.1) is 0 Å². The van der Waals surface area contributed by atoms with Crippen molar-refractivity contribution in [1.82, 2.24) is 0 Å². The van der Waals surface area contributed by atoms with Gasteiger partial charge in [-0.3, -0.25) is 4.99 Å². The summed E-state index contributed by atoms with van der Waals surface area (Å²) in [5.74, 6) is 0.686. The van der Waals surface area contributed by atoms with Gasteiger partial charge in [0.15, 0.2) is 0 Å². The third-order valence-corrected chi connectivity index (χ3v) is 2.80. The first kappa shape index (κ1) is 14.4. The van der Waals surface area contributed by atoms with Gasteiger partial charge in [0, 0.05) is 17.8 Å². The van der Waals surface area contributed by atoms with E-state index in [0.29, 0.717) is 5.92 Å². The summed E-state index contributed by atoms with van der Waals surface area (Å²) in [5.41, 5.74) is 1.29. The van der Waals surface area contributed by atoms with Crippen LogP contribution in [0.2, 0.25) is 0 Å². The Balaban J connectivity index is 4.29. The summed E-state index contributed by atoms with van der Waals surface area (Å²) < 4.78 is 0. The van der Waals surface area contributed by atoms with Crippen LogP contribution in [-0.2, 0) is 0 Å². The Kier molecular flexibility index (Phi) is 9.55. The van der Waals surface area contributed by atoms with Crippen molar-refractivity contribution in [2.75, 3.05) is 0 Å². The van der Waals surface area contributed by atoms with Crippen molar-refractivity contribution in [3.05, 3.63) is 11.8 Å². The van der Waals surface area contributed by atoms with Gasteiger partial charge in [-0.2, -0.15) is 0 Å². The van der Waals surface area contributed by atoms with E-state index >= 15 is 0 Å². The van der Waals surface area contributed by atoms with E-state index in [9.17, 15) is 0 Å². The van der Waals surface area contributed by atoms with Gasteiger partial charge in [0.2, 0.25) is 0 Å². The van der Waals surface area contributed by atoms with Crippen LogP contribution in [0.3, 0.4) is 0 Å². The molecule has 0 aromatic heterocycles. The largest absolute Gasteiger partial charge is 0.266 e. The van der Waals surface area contributed by atoms with Gasteiger partial charge in [0.1, 0.15) is 0 Å². The van der Waals surface area contributed by atoms with Crippen molar-refractivity contribution < 1.29 is 0 Å². The molecule has 0 heterocycles. The van der Waals surface area contributed by atoms with Gasteiger partial charge >= 0.3 is 0 Å². The zero-order valence-corrected chi connectivity index (χ0v) is 10.9. The van der Waals surface area contributed by atoms with Gasteiger partial charge in [-0.25, -0.2) is 0 Å². The van der Waals surface area contributed by atoms with Gasteiger partial charge in [0.25, 0.3) is 0 Å². The lowest BCUT2D eigenvalue weighted by Crippen LogP contribution is -2.03. The Morgan fingerprint density at radius 1 is 1.07 bits per heavy atom. The Labute approximate surface area is 95.7 Å². The molecule has 0 saturated heterocycles. The van der Waals surface area contributed by atoms with E-state index in [4.69, 9.17) is 0 Å². The first-order chi connectivity index (χ1) is 7.29. The number of allylic oxidation sites excluding steroid dienone is 2. The third kappa shape index (κ3) is 6.48. The Morgan fingerprint density at radius 3 is 1.93 bits per heavy atom. The summed E-state index contributed by atoms with van der Waals surface area (Å²) >= 11 is 0. The van der Waals surface area contributed by atoms with E-state index in [0.717, 1.165) is 0 Å². The molecule has 0 atom stereocenters. The fourth-order valence-corrected chi connectivity index (χ4v) is 1.91. The fourth-order valence-electron chi connectivity index (χ4n) is 1.91. The van der Waals surface area contributed by atoms with E-state index in [-0.39, 0.29) is 0 Å². The average molecular weight is 209 g/mol. The minimum absolute atomic E-state index is 0.686. The number of hydrogen-bond acceptors (Lipinski definition) is 1. The zero-order chi connectivity index (χ0) is 11.5. The van der Waals surface area contributed by atoms with Crippen LogP contribution in [0.5, 0.6) is 0 Å². The molecule has 1 nitrogen and oxygen atoms in total. The second-order valence-corrected chi connectivity index (χ2v) is 4.08. The molecule has 0 aliphatic heterocycles. The Hall–Kier alpha value is -0.590. The maximum atomic E-state index is 4.48. The predicted octanol–water partition coefficient (Wildman–Crippen LogP) is 4.98. The number of rotatable bonds is 8. The SMILES string of the molecule is C/C=N\C(=C/C)C(CCCC)CCCC. The maximum absolute atomic E-state index is 4.48. The van der Waals surface area contributed by atoms with Crippen LogP contribution in [0.1, 0.15) is 66.2 Å². The molecular formula is C14H27N. The molecule has 1 heteroatoms. The molecular weight excluding hydrogens is 182 g/mol. The molecule has 0 fully saturated rings.